The van der Waals surface area contributed by atoms with Crippen LogP contribution in [0.2, 0.25) is 10.0 Å². The van der Waals surface area contributed by atoms with E-state index in [0.717, 1.165) is 10.4 Å². The minimum absolute atomic E-state index is 0.409. The van der Waals surface area contributed by atoms with Gasteiger partial charge in [0, 0.05) is 4.88 Å². The summed E-state index contributed by atoms with van der Waals surface area (Å²) in [6.07, 6.45) is 0.409. The molecule has 1 aromatic carbocycles. The van der Waals surface area contributed by atoms with Crippen molar-refractivity contribution in [1.82, 2.24) is 0 Å². The number of carbonyl (C=O) groups is 1. The molecule has 1 aromatic heterocycles. The Morgan fingerprint density at radius 1 is 1.28 bits per heavy atom. The number of thiophene rings is 1. The van der Waals surface area contributed by atoms with Crippen molar-refractivity contribution in [2.75, 3.05) is 0 Å². The Morgan fingerprint density at radius 2 is 2.06 bits per heavy atom. The molecule has 0 fully saturated rings. The fraction of sp³-hybridized carbons (Fsp3) is 0.154. The number of benzene rings is 1. The Morgan fingerprint density at radius 3 is 2.61 bits per heavy atom. The fourth-order valence-corrected chi connectivity index (χ4v) is 2.84. The average Bonchev–Trinajstić information content (AvgIpc) is 2.83. The molecule has 0 saturated heterocycles. The molecule has 2 rings (SSSR count). The topological polar surface area (TPSA) is 37.3 Å². The first kappa shape index (κ1) is 13.4. The molecule has 1 atom stereocenters. The molecule has 0 spiro atoms. The molecule has 0 unspecified atom stereocenters. The summed E-state index contributed by atoms with van der Waals surface area (Å²) in [5.74, 6) is -1.37. The molecule has 18 heavy (non-hydrogen) atoms. The van der Waals surface area contributed by atoms with E-state index in [2.05, 4.69) is 0 Å². The van der Waals surface area contributed by atoms with Gasteiger partial charge >= 0.3 is 5.97 Å². The molecular weight excluding hydrogens is 291 g/mol. The summed E-state index contributed by atoms with van der Waals surface area (Å²) in [4.78, 5) is 12.1. The minimum Gasteiger partial charge on any atom is -0.481 e. The smallest absolute Gasteiger partial charge is 0.312 e. The molecule has 0 bridgehead atoms. The van der Waals surface area contributed by atoms with Crippen LogP contribution in [0.4, 0.5) is 0 Å². The van der Waals surface area contributed by atoms with Gasteiger partial charge in [0.1, 0.15) is 0 Å². The van der Waals surface area contributed by atoms with Crippen molar-refractivity contribution in [1.29, 1.82) is 0 Å². The number of hydrogen-bond acceptors (Lipinski definition) is 2. The van der Waals surface area contributed by atoms with Crippen LogP contribution in [0, 0.1) is 0 Å². The molecule has 2 aromatic rings. The van der Waals surface area contributed by atoms with E-state index < -0.39 is 11.9 Å². The van der Waals surface area contributed by atoms with Crippen molar-refractivity contribution < 1.29 is 9.90 Å². The van der Waals surface area contributed by atoms with Crippen LogP contribution in [-0.4, -0.2) is 11.1 Å². The fourth-order valence-electron chi connectivity index (χ4n) is 1.70. The van der Waals surface area contributed by atoms with Crippen molar-refractivity contribution in [3.8, 4) is 0 Å². The Kier molecular flexibility index (Phi) is 4.27. The van der Waals surface area contributed by atoms with E-state index in [4.69, 9.17) is 23.2 Å². The van der Waals surface area contributed by atoms with Crippen LogP contribution in [0.5, 0.6) is 0 Å². The third-order valence-electron chi connectivity index (χ3n) is 2.61. The van der Waals surface area contributed by atoms with E-state index in [-0.39, 0.29) is 0 Å². The maximum Gasteiger partial charge on any atom is 0.312 e. The van der Waals surface area contributed by atoms with E-state index in [1.807, 2.05) is 17.5 Å². The van der Waals surface area contributed by atoms with Crippen molar-refractivity contribution in [2.45, 2.75) is 12.3 Å². The van der Waals surface area contributed by atoms with Gasteiger partial charge < -0.3 is 5.11 Å². The Hall–Kier alpha value is -1.03. The third kappa shape index (κ3) is 3.05. The van der Waals surface area contributed by atoms with Gasteiger partial charge in [0.05, 0.1) is 16.0 Å². The van der Waals surface area contributed by atoms with Crippen molar-refractivity contribution in [3.05, 3.63) is 56.2 Å². The third-order valence-corrected chi connectivity index (χ3v) is 4.33. The lowest BCUT2D eigenvalue weighted by Gasteiger charge is -2.11. The zero-order valence-corrected chi connectivity index (χ0v) is 11.6. The Balaban J connectivity index is 2.24. The molecule has 0 amide bonds. The summed E-state index contributed by atoms with van der Waals surface area (Å²) < 4.78 is 0. The summed E-state index contributed by atoms with van der Waals surface area (Å²) in [6, 6.07) is 8.89. The maximum atomic E-state index is 11.3. The Bertz CT molecular complexity index is 552. The van der Waals surface area contributed by atoms with Gasteiger partial charge in [-0.1, -0.05) is 35.3 Å². The largest absolute Gasteiger partial charge is 0.481 e. The SMILES string of the molecule is O=C(O)[C@@H](Cc1ccc(Cl)c(Cl)c1)c1cccs1. The molecule has 1 N–H and O–H groups in total. The molecule has 94 valence electrons. The van der Waals surface area contributed by atoms with E-state index in [1.54, 1.807) is 18.2 Å². The molecule has 5 heteroatoms. The lowest BCUT2D eigenvalue weighted by Crippen LogP contribution is -2.13. The summed E-state index contributed by atoms with van der Waals surface area (Å²) in [5, 5.41) is 12.1. The number of halogens is 2. The second-order valence-electron chi connectivity index (χ2n) is 3.86. The zero-order valence-electron chi connectivity index (χ0n) is 9.27. The normalized spacial score (nSPS) is 12.3. The van der Waals surface area contributed by atoms with Gasteiger partial charge in [-0.15, -0.1) is 11.3 Å². The highest BCUT2D eigenvalue weighted by Gasteiger charge is 2.21. The van der Waals surface area contributed by atoms with E-state index >= 15 is 0 Å². The van der Waals surface area contributed by atoms with Crippen LogP contribution in [0.3, 0.4) is 0 Å². The predicted octanol–water partition coefficient (Wildman–Crippen LogP) is 4.47. The lowest BCUT2D eigenvalue weighted by molar-refractivity contribution is -0.138. The van der Waals surface area contributed by atoms with E-state index in [9.17, 15) is 9.90 Å². The van der Waals surface area contributed by atoms with Gasteiger partial charge in [-0.25, -0.2) is 0 Å². The van der Waals surface area contributed by atoms with Crippen molar-refractivity contribution in [3.63, 3.8) is 0 Å². The predicted molar refractivity (Wildman–Crippen MR) is 74.9 cm³/mol. The maximum absolute atomic E-state index is 11.3. The first-order chi connectivity index (χ1) is 8.58. The van der Waals surface area contributed by atoms with Crippen LogP contribution in [0.15, 0.2) is 35.7 Å². The van der Waals surface area contributed by atoms with E-state index in [0.29, 0.717) is 16.5 Å². The van der Waals surface area contributed by atoms with Gasteiger partial charge in [0.2, 0.25) is 0 Å². The molecule has 0 saturated carbocycles. The summed E-state index contributed by atoms with van der Waals surface area (Å²) >= 11 is 13.2. The van der Waals surface area contributed by atoms with Crippen molar-refractivity contribution in [2.24, 2.45) is 0 Å². The summed E-state index contributed by atoms with van der Waals surface area (Å²) in [6.45, 7) is 0. The second-order valence-corrected chi connectivity index (χ2v) is 5.65. The molecule has 0 aliphatic carbocycles. The number of hydrogen-bond donors (Lipinski definition) is 1. The van der Waals surface area contributed by atoms with Gasteiger partial charge in [0.15, 0.2) is 0 Å². The van der Waals surface area contributed by atoms with Crippen molar-refractivity contribution >= 4 is 40.5 Å². The van der Waals surface area contributed by atoms with Gasteiger partial charge in [0.25, 0.3) is 0 Å². The number of carboxylic acid groups (broad SMARTS) is 1. The highest BCUT2D eigenvalue weighted by atomic mass is 35.5. The van der Waals surface area contributed by atoms with Crippen LogP contribution in [-0.2, 0) is 11.2 Å². The molecule has 0 aliphatic heterocycles. The zero-order chi connectivity index (χ0) is 13.1. The monoisotopic (exact) mass is 300 g/mol. The quantitative estimate of drug-likeness (QED) is 0.905. The number of carboxylic acids is 1. The van der Waals surface area contributed by atoms with Gasteiger partial charge in [-0.3, -0.25) is 4.79 Å². The minimum atomic E-state index is -0.830. The second kappa shape index (κ2) is 5.74. The average molecular weight is 301 g/mol. The molecule has 1 heterocycles. The van der Waals surface area contributed by atoms with Crippen LogP contribution in [0.1, 0.15) is 16.4 Å². The summed E-state index contributed by atoms with van der Waals surface area (Å²) in [7, 11) is 0. The van der Waals surface area contributed by atoms with Crippen LogP contribution in [0.25, 0.3) is 0 Å². The number of rotatable bonds is 4. The van der Waals surface area contributed by atoms with Crippen LogP contribution >= 0.6 is 34.5 Å². The first-order valence-corrected chi connectivity index (χ1v) is 6.91. The van der Waals surface area contributed by atoms with Crippen LogP contribution < -0.4 is 0 Å². The van der Waals surface area contributed by atoms with Gasteiger partial charge in [-0.05, 0) is 35.6 Å². The molecule has 0 aliphatic rings. The standard InChI is InChI=1S/C13H10Cl2O2S/c14-10-4-3-8(7-11(10)15)6-9(13(16)17)12-2-1-5-18-12/h1-5,7,9H,6H2,(H,16,17)/t9-/m0/s1. The lowest BCUT2D eigenvalue weighted by atomic mass is 9.98. The highest BCUT2D eigenvalue weighted by molar-refractivity contribution is 7.10. The Labute approximate surface area is 119 Å². The first-order valence-electron chi connectivity index (χ1n) is 5.28. The molecule has 2 nitrogen and oxygen atoms in total. The van der Waals surface area contributed by atoms with Gasteiger partial charge in [-0.2, -0.15) is 0 Å². The number of aliphatic carboxylic acids is 1. The van der Waals surface area contributed by atoms with E-state index in [1.165, 1.54) is 11.3 Å². The molecular formula is C13H10Cl2O2S. The summed E-state index contributed by atoms with van der Waals surface area (Å²) in [5.41, 5.74) is 0.866. The highest BCUT2D eigenvalue weighted by Crippen LogP contribution is 2.28. The molecule has 0 radical (unpaired) electrons.